The summed E-state index contributed by atoms with van der Waals surface area (Å²) in [6, 6.07) is 22.8. The minimum Gasteiger partial charge on any atom is -0.354 e. The molecular formula is C28H32ClN3O4S. The van der Waals surface area contributed by atoms with Gasteiger partial charge in [-0.1, -0.05) is 80.0 Å². The van der Waals surface area contributed by atoms with Gasteiger partial charge >= 0.3 is 0 Å². The third-order valence-corrected chi connectivity index (χ3v) is 7.86. The molecule has 37 heavy (non-hydrogen) atoms. The average molecular weight is 542 g/mol. The van der Waals surface area contributed by atoms with E-state index in [2.05, 4.69) is 5.32 Å². The summed E-state index contributed by atoms with van der Waals surface area (Å²) in [6.45, 7) is 3.93. The highest BCUT2D eigenvalue weighted by Crippen LogP contribution is 2.27. The number of hydrogen-bond donors (Lipinski definition) is 1. The quantitative estimate of drug-likeness (QED) is 0.354. The van der Waals surface area contributed by atoms with Crippen LogP contribution in [0.25, 0.3) is 0 Å². The van der Waals surface area contributed by atoms with Crippen molar-refractivity contribution in [2.75, 3.05) is 17.4 Å². The number of nitrogens with one attached hydrogen (secondary N) is 1. The molecule has 0 saturated heterocycles. The van der Waals surface area contributed by atoms with Crippen LogP contribution in [0.2, 0.25) is 5.02 Å². The highest BCUT2D eigenvalue weighted by molar-refractivity contribution is 7.92. The van der Waals surface area contributed by atoms with E-state index in [1.54, 1.807) is 36.4 Å². The fourth-order valence-electron chi connectivity index (χ4n) is 3.95. The summed E-state index contributed by atoms with van der Waals surface area (Å²) in [5.41, 5.74) is 1.09. The molecule has 196 valence electrons. The lowest BCUT2D eigenvalue weighted by Gasteiger charge is -2.33. The van der Waals surface area contributed by atoms with Gasteiger partial charge in [-0.05, 0) is 48.7 Å². The Labute approximate surface area is 224 Å². The van der Waals surface area contributed by atoms with Crippen molar-refractivity contribution in [3.8, 4) is 0 Å². The molecule has 0 saturated carbocycles. The van der Waals surface area contributed by atoms with Gasteiger partial charge in [-0.3, -0.25) is 13.9 Å². The third-order valence-electron chi connectivity index (χ3n) is 5.84. The molecule has 2 amide bonds. The van der Waals surface area contributed by atoms with Crippen LogP contribution in [0.15, 0.2) is 89.8 Å². The summed E-state index contributed by atoms with van der Waals surface area (Å²) < 4.78 is 28.5. The van der Waals surface area contributed by atoms with E-state index in [1.165, 1.54) is 23.1 Å². The molecule has 0 bridgehead atoms. The number of nitrogens with zero attached hydrogens (tertiary/aromatic N) is 2. The molecule has 3 aromatic carbocycles. The molecule has 0 aliphatic heterocycles. The van der Waals surface area contributed by atoms with Gasteiger partial charge < -0.3 is 10.2 Å². The van der Waals surface area contributed by atoms with Crippen molar-refractivity contribution < 1.29 is 18.0 Å². The molecule has 3 aromatic rings. The predicted octanol–water partition coefficient (Wildman–Crippen LogP) is 4.87. The second kappa shape index (κ2) is 13.3. The third kappa shape index (κ3) is 7.33. The van der Waals surface area contributed by atoms with E-state index in [0.29, 0.717) is 18.0 Å². The molecule has 0 spiro atoms. The van der Waals surface area contributed by atoms with Crippen LogP contribution in [0.4, 0.5) is 5.69 Å². The van der Waals surface area contributed by atoms with Crippen LogP contribution in [0.5, 0.6) is 0 Å². The zero-order chi connectivity index (χ0) is 26.8. The first-order valence-electron chi connectivity index (χ1n) is 12.2. The largest absolute Gasteiger partial charge is 0.354 e. The fourth-order valence-corrected chi connectivity index (χ4v) is 5.56. The Balaban J connectivity index is 2.03. The van der Waals surface area contributed by atoms with Crippen molar-refractivity contribution in [2.45, 2.75) is 44.2 Å². The first-order chi connectivity index (χ1) is 17.8. The van der Waals surface area contributed by atoms with Crippen LogP contribution < -0.4 is 9.62 Å². The molecule has 0 fully saturated rings. The molecule has 3 rings (SSSR count). The van der Waals surface area contributed by atoms with Gasteiger partial charge in [0.2, 0.25) is 11.8 Å². The minimum atomic E-state index is -4.11. The van der Waals surface area contributed by atoms with Crippen molar-refractivity contribution in [1.82, 2.24) is 10.2 Å². The molecule has 1 atom stereocenters. The Hall–Kier alpha value is -3.36. The molecule has 0 aliphatic carbocycles. The molecule has 1 N–H and O–H groups in total. The zero-order valence-electron chi connectivity index (χ0n) is 21.0. The van der Waals surface area contributed by atoms with E-state index in [4.69, 9.17) is 11.6 Å². The molecule has 0 aromatic heterocycles. The topological polar surface area (TPSA) is 86.8 Å². The highest BCUT2D eigenvalue weighted by atomic mass is 35.5. The van der Waals surface area contributed by atoms with Crippen molar-refractivity contribution in [1.29, 1.82) is 0 Å². The van der Waals surface area contributed by atoms with Gasteiger partial charge in [0, 0.05) is 18.1 Å². The molecule has 0 aliphatic rings. The van der Waals surface area contributed by atoms with E-state index in [0.717, 1.165) is 16.3 Å². The Morgan fingerprint density at radius 2 is 1.57 bits per heavy atom. The standard InChI is InChI=1S/C28H32ClN3O4S/c1-3-18-30-28(34)26(4-2)31(20-22-12-7-5-8-13-22)27(33)21-32(24-15-11-14-23(29)19-24)37(35,36)25-16-9-6-10-17-25/h5-17,19,26H,3-4,18,20-21H2,1-2H3,(H,30,34)/t26-/m0/s1. The second-order valence-corrected chi connectivity index (χ2v) is 10.8. The lowest BCUT2D eigenvalue weighted by atomic mass is 10.1. The van der Waals surface area contributed by atoms with Gasteiger partial charge in [0.05, 0.1) is 10.6 Å². The number of carbonyl (C=O) groups excluding carboxylic acids is 2. The molecule has 0 heterocycles. The van der Waals surface area contributed by atoms with Crippen LogP contribution >= 0.6 is 11.6 Å². The van der Waals surface area contributed by atoms with Gasteiger partial charge in [-0.25, -0.2) is 8.42 Å². The summed E-state index contributed by atoms with van der Waals surface area (Å²) >= 11 is 6.18. The number of sulfonamides is 1. The van der Waals surface area contributed by atoms with E-state index in [-0.39, 0.29) is 23.0 Å². The maximum Gasteiger partial charge on any atom is 0.264 e. The first-order valence-corrected chi connectivity index (χ1v) is 14.0. The van der Waals surface area contributed by atoms with Crippen molar-refractivity contribution in [2.24, 2.45) is 0 Å². The molecular weight excluding hydrogens is 510 g/mol. The monoisotopic (exact) mass is 541 g/mol. The average Bonchev–Trinajstić information content (AvgIpc) is 2.91. The van der Waals surface area contributed by atoms with Crippen molar-refractivity contribution in [3.63, 3.8) is 0 Å². The SMILES string of the molecule is CCCNC(=O)[C@H](CC)N(Cc1ccccc1)C(=O)CN(c1cccc(Cl)c1)S(=O)(=O)c1ccccc1. The summed E-state index contributed by atoms with van der Waals surface area (Å²) in [7, 11) is -4.11. The highest BCUT2D eigenvalue weighted by Gasteiger charge is 2.33. The van der Waals surface area contributed by atoms with E-state index in [9.17, 15) is 18.0 Å². The van der Waals surface area contributed by atoms with Crippen molar-refractivity contribution >= 4 is 39.1 Å². The van der Waals surface area contributed by atoms with Crippen LogP contribution in [-0.4, -0.2) is 44.3 Å². The minimum absolute atomic E-state index is 0.0464. The number of benzene rings is 3. The summed E-state index contributed by atoms with van der Waals surface area (Å²) in [6.07, 6.45) is 1.13. The van der Waals surface area contributed by atoms with Gasteiger partial charge in [-0.15, -0.1) is 0 Å². The molecule has 0 radical (unpaired) electrons. The first kappa shape index (κ1) is 28.2. The van der Waals surface area contributed by atoms with Crippen molar-refractivity contribution in [3.05, 3.63) is 95.5 Å². The fraction of sp³-hybridized carbons (Fsp3) is 0.286. The van der Waals surface area contributed by atoms with Crippen LogP contribution in [0.3, 0.4) is 0 Å². The van der Waals surface area contributed by atoms with Crippen LogP contribution in [0, 0.1) is 0 Å². The number of halogens is 1. The Kier molecular flexibility index (Phi) is 10.1. The van der Waals surface area contributed by atoms with Crippen LogP contribution in [0.1, 0.15) is 32.3 Å². The van der Waals surface area contributed by atoms with E-state index >= 15 is 0 Å². The summed E-state index contributed by atoms with van der Waals surface area (Å²) in [4.78, 5) is 28.4. The van der Waals surface area contributed by atoms with Gasteiger partial charge in [-0.2, -0.15) is 0 Å². The molecule has 0 unspecified atom stereocenters. The lowest BCUT2D eigenvalue weighted by molar-refractivity contribution is -0.140. The van der Waals surface area contributed by atoms with Gasteiger partial charge in [0.1, 0.15) is 12.6 Å². The maximum atomic E-state index is 13.9. The number of hydrogen-bond acceptors (Lipinski definition) is 4. The smallest absolute Gasteiger partial charge is 0.264 e. The molecule has 7 nitrogen and oxygen atoms in total. The predicted molar refractivity (Wildman–Crippen MR) is 147 cm³/mol. The Morgan fingerprint density at radius 1 is 0.919 bits per heavy atom. The number of amides is 2. The number of rotatable bonds is 12. The normalized spacial score (nSPS) is 12.0. The lowest BCUT2D eigenvalue weighted by Crippen LogP contribution is -2.52. The second-order valence-electron chi connectivity index (χ2n) is 8.53. The van der Waals surface area contributed by atoms with Crippen LogP contribution in [-0.2, 0) is 26.2 Å². The van der Waals surface area contributed by atoms with E-state index < -0.39 is 28.5 Å². The van der Waals surface area contributed by atoms with E-state index in [1.807, 2.05) is 44.2 Å². The Morgan fingerprint density at radius 3 is 2.16 bits per heavy atom. The summed E-state index contributed by atoms with van der Waals surface area (Å²) in [5, 5.41) is 3.21. The Bertz CT molecular complexity index is 1290. The number of carbonyl (C=O) groups is 2. The molecule has 9 heteroatoms. The van der Waals surface area contributed by atoms with Gasteiger partial charge in [0.25, 0.3) is 10.0 Å². The maximum absolute atomic E-state index is 13.9. The number of anilines is 1. The zero-order valence-corrected chi connectivity index (χ0v) is 22.6. The van der Waals surface area contributed by atoms with Gasteiger partial charge in [0.15, 0.2) is 0 Å². The summed E-state index contributed by atoms with van der Waals surface area (Å²) in [5.74, 6) is -0.768.